The maximum atomic E-state index is 13.6. The zero-order valence-corrected chi connectivity index (χ0v) is 27.4. The molecule has 2 fully saturated rings. The van der Waals surface area contributed by atoms with E-state index in [2.05, 4.69) is 45.5 Å². The van der Waals surface area contributed by atoms with Gasteiger partial charge < -0.3 is 9.64 Å². The molecular formula is C34H47ClF3N3O3. The van der Waals surface area contributed by atoms with Gasteiger partial charge in [0.2, 0.25) is 0 Å². The molecule has 1 saturated carbocycles. The lowest BCUT2D eigenvalue weighted by Crippen LogP contribution is -2.46. The third-order valence-corrected chi connectivity index (χ3v) is 9.56. The molecular weight excluding hydrogens is 591 g/mol. The number of esters is 1. The SMILES string of the molecule is CCOC(=O)C(c1cccc(C)c1C1CCC(OC(F)(F)F)CC1)N(C)CC[C@@H](c1cc(Cl)ccc1C)N1CCN(C)CC1. The largest absolute Gasteiger partial charge is 0.522 e. The van der Waals surface area contributed by atoms with Crippen LogP contribution in [0.15, 0.2) is 36.4 Å². The average Bonchev–Trinajstić information content (AvgIpc) is 2.96. The van der Waals surface area contributed by atoms with E-state index in [4.69, 9.17) is 16.3 Å². The summed E-state index contributed by atoms with van der Waals surface area (Å²) in [7, 11) is 4.11. The van der Waals surface area contributed by atoms with Crippen LogP contribution in [0, 0.1) is 13.8 Å². The molecule has 0 bridgehead atoms. The van der Waals surface area contributed by atoms with Crippen molar-refractivity contribution in [1.82, 2.24) is 14.7 Å². The fourth-order valence-corrected chi connectivity index (χ4v) is 7.20. The Balaban J connectivity index is 1.60. The molecule has 1 aliphatic heterocycles. The van der Waals surface area contributed by atoms with Gasteiger partial charge in [-0.25, -0.2) is 4.79 Å². The number of aryl methyl sites for hydroxylation is 2. The van der Waals surface area contributed by atoms with Crippen molar-refractivity contribution < 1.29 is 27.4 Å². The third-order valence-electron chi connectivity index (χ3n) is 9.32. The second kappa shape index (κ2) is 15.4. The molecule has 10 heteroatoms. The highest BCUT2D eigenvalue weighted by Crippen LogP contribution is 2.42. The molecule has 0 N–H and O–H groups in total. The lowest BCUT2D eigenvalue weighted by Gasteiger charge is -2.40. The van der Waals surface area contributed by atoms with Gasteiger partial charge in [-0.3, -0.25) is 14.5 Å². The molecule has 0 aromatic heterocycles. The molecule has 6 nitrogen and oxygen atoms in total. The number of nitrogens with zero attached hydrogens (tertiary/aromatic N) is 3. The number of hydrogen-bond acceptors (Lipinski definition) is 6. The van der Waals surface area contributed by atoms with Gasteiger partial charge in [0.15, 0.2) is 0 Å². The summed E-state index contributed by atoms with van der Waals surface area (Å²) in [5.74, 6) is -0.275. The highest BCUT2D eigenvalue weighted by molar-refractivity contribution is 6.30. The normalized spacial score (nSPS) is 21.8. The molecule has 2 aromatic carbocycles. The number of rotatable bonds is 11. The van der Waals surface area contributed by atoms with Crippen LogP contribution in [0.2, 0.25) is 5.02 Å². The van der Waals surface area contributed by atoms with E-state index in [1.54, 1.807) is 6.92 Å². The Morgan fingerprint density at radius 3 is 2.34 bits per heavy atom. The van der Waals surface area contributed by atoms with E-state index >= 15 is 0 Å². The number of alkyl halides is 3. The first-order valence-electron chi connectivity index (χ1n) is 15.8. The molecule has 244 valence electrons. The summed E-state index contributed by atoms with van der Waals surface area (Å²) in [6, 6.07) is 11.5. The fraction of sp³-hybridized carbons (Fsp3) is 0.618. The fourth-order valence-electron chi connectivity index (χ4n) is 7.02. The first-order chi connectivity index (χ1) is 20.9. The van der Waals surface area contributed by atoms with Crippen LogP contribution >= 0.6 is 11.6 Å². The van der Waals surface area contributed by atoms with E-state index in [9.17, 15) is 18.0 Å². The number of likely N-dealkylation sites (N-methyl/N-ethyl adjacent to an activating group) is 2. The minimum Gasteiger partial charge on any atom is -0.465 e. The lowest BCUT2D eigenvalue weighted by molar-refractivity contribution is -0.345. The lowest BCUT2D eigenvalue weighted by atomic mass is 9.77. The van der Waals surface area contributed by atoms with Gasteiger partial charge in [-0.2, -0.15) is 0 Å². The number of carbonyl (C=O) groups is 1. The quantitative estimate of drug-likeness (QED) is 0.239. The van der Waals surface area contributed by atoms with Crippen molar-refractivity contribution in [3.05, 3.63) is 69.2 Å². The van der Waals surface area contributed by atoms with Crippen LogP contribution in [0.4, 0.5) is 13.2 Å². The summed E-state index contributed by atoms with van der Waals surface area (Å²) in [5.41, 5.74) is 5.35. The summed E-state index contributed by atoms with van der Waals surface area (Å²) in [6.07, 6.45) is -2.89. The Morgan fingerprint density at radius 2 is 1.70 bits per heavy atom. The Bertz CT molecular complexity index is 1240. The highest BCUT2D eigenvalue weighted by Gasteiger charge is 2.38. The first kappa shape index (κ1) is 34.7. The third kappa shape index (κ3) is 8.97. The molecule has 0 radical (unpaired) electrons. The summed E-state index contributed by atoms with van der Waals surface area (Å²) in [6.45, 7) is 10.7. The van der Waals surface area contributed by atoms with Crippen molar-refractivity contribution in [3.8, 4) is 0 Å². The van der Waals surface area contributed by atoms with E-state index in [-0.39, 0.29) is 24.5 Å². The van der Waals surface area contributed by atoms with Gasteiger partial charge >= 0.3 is 12.3 Å². The second-order valence-electron chi connectivity index (χ2n) is 12.4. The number of halogens is 4. The molecule has 44 heavy (non-hydrogen) atoms. The van der Waals surface area contributed by atoms with Gasteiger partial charge in [0.25, 0.3) is 0 Å². The summed E-state index contributed by atoms with van der Waals surface area (Å²) < 4.78 is 48.6. The highest BCUT2D eigenvalue weighted by atomic mass is 35.5. The molecule has 1 unspecified atom stereocenters. The smallest absolute Gasteiger partial charge is 0.465 e. The zero-order valence-electron chi connectivity index (χ0n) is 26.6. The predicted molar refractivity (Wildman–Crippen MR) is 168 cm³/mol. The van der Waals surface area contributed by atoms with E-state index in [0.717, 1.165) is 49.3 Å². The first-order valence-corrected chi connectivity index (χ1v) is 16.1. The van der Waals surface area contributed by atoms with Crippen LogP contribution in [-0.2, 0) is 14.3 Å². The molecule has 2 aliphatic rings. The molecule has 1 aliphatic carbocycles. The second-order valence-corrected chi connectivity index (χ2v) is 12.8. The summed E-state index contributed by atoms with van der Waals surface area (Å²) >= 11 is 6.48. The predicted octanol–water partition coefficient (Wildman–Crippen LogP) is 7.43. The number of benzene rings is 2. The summed E-state index contributed by atoms with van der Waals surface area (Å²) in [5, 5.41) is 0.710. The molecule has 1 saturated heterocycles. The average molecular weight is 638 g/mol. The van der Waals surface area contributed by atoms with E-state index in [0.29, 0.717) is 37.3 Å². The van der Waals surface area contributed by atoms with Gasteiger partial charge in [0.1, 0.15) is 6.04 Å². The molecule has 1 heterocycles. The van der Waals surface area contributed by atoms with Gasteiger partial charge in [-0.15, -0.1) is 13.2 Å². The van der Waals surface area contributed by atoms with Crippen LogP contribution in [0.3, 0.4) is 0 Å². The monoisotopic (exact) mass is 637 g/mol. The molecule has 0 spiro atoms. The van der Waals surface area contributed by atoms with Crippen LogP contribution in [0.5, 0.6) is 0 Å². The molecule has 2 aromatic rings. The van der Waals surface area contributed by atoms with Crippen molar-refractivity contribution in [2.24, 2.45) is 0 Å². The number of ether oxygens (including phenoxy) is 2. The Hall–Kier alpha value is -2.17. The van der Waals surface area contributed by atoms with Crippen molar-refractivity contribution in [2.75, 3.05) is 53.4 Å². The van der Waals surface area contributed by atoms with Crippen LogP contribution in [0.1, 0.15) is 84.8 Å². The van der Waals surface area contributed by atoms with Crippen LogP contribution < -0.4 is 0 Å². The Morgan fingerprint density at radius 1 is 1.02 bits per heavy atom. The van der Waals surface area contributed by atoms with E-state index in [1.165, 1.54) is 11.1 Å². The maximum absolute atomic E-state index is 13.6. The molecule has 0 amide bonds. The van der Waals surface area contributed by atoms with Crippen molar-refractivity contribution >= 4 is 17.6 Å². The number of hydrogen-bond donors (Lipinski definition) is 0. The minimum atomic E-state index is -4.63. The van der Waals surface area contributed by atoms with Crippen molar-refractivity contribution in [2.45, 2.75) is 83.3 Å². The molecule has 4 rings (SSSR count). The van der Waals surface area contributed by atoms with E-state index < -0.39 is 18.5 Å². The van der Waals surface area contributed by atoms with Crippen molar-refractivity contribution in [1.29, 1.82) is 0 Å². The minimum absolute atomic E-state index is 0.0387. The zero-order chi connectivity index (χ0) is 32.0. The van der Waals surface area contributed by atoms with Crippen molar-refractivity contribution in [3.63, 3.8) is 0 Å². The molecule has 2 atom stereocenters. The number of piperazine rings is 1. The van der Waals surface area contributed by atoms with Crippen LogP contribution in [0.25, 0.3) is 0 Å². The Labute approximate surface area is 265 Å². The topological polar surface area (TPSA) is 45.3 Å². The maximum Gasteiger partial charge on any atom is 0.522 e. The van der Waals surface area contributed by atoms with E-state index in [1.807, 2.05) is 38.2 Å². The van der Waals surface area contributed by atoms with Gasteiger partial charge in [-0.1, -0.05) is 35.9 Å². The van der Waals surface area contributed by atoms with Gasteiger partial charge in [-0.05, 0) is 113 Å². The summed E-state index contributed by atoms with van der Waals surface area (Å²) in [4.78, 5) is 20.6. The van der Waals surface area contributed by atoms with Gasteiger partial charge in [0.05, 0.1) is 12.7 Å². The standard InChI is InChI=1S/C34H47ClF3N3O3/c1-6-43-33(42)32(28-9-7-8-24(3)31(28)25-11-14-27(15-12-25)44-34(36,37)38)40(5)17-16-30(41-20-18-39(4)19-21-41)29-22-26(35)13-10-23(29)2/h7-10,13,22,25,27,30,32H,6,11-12,14-21H2,1-5H3/t25?,27?,30-,32?/m0/s1. The van der Waals surface area contributed by atoms with Gasteiger partial charge in [0, 0.05) is 43.8 Å². The number of carbonyl (C=O) groups excluding carboxylic acids is 1. The Kier molecular flexibility index (Phi) is 12.2. The van der Waals surface area contributed by atoms with Crippen LogP contribution in [-0.4, -0.2) is 86.6 Å².